The van der Waals surface area contributed by atoms with Gasteiger partial charge in [0.2, 0.25) is 0 Å². The van der Waals surface area contributed by atoms with Crippen molar-refractivity contribution in [1.82, 2.24) is 0 Å². The lowest BCUT2D eigenvalue weighted by Gasteiger charge is -1.96. The Balaban J connectivity index is 2.34. The van der Waals surface area contributed by atoms with Gasteiger partial charge in [0.05, 0.1) is 0 Å². The third-order valence-electron chi connectivity index (χ3n) is 2.46. The van der Waals surface area contributed by atoms with Gasteiger partial charge in [-0.3, -0.25) is 4.79 Å². The largest absolute Gasteiger partial charge is 0.481 e. The SMILES string of the molecule is Cc1cc(-c2ccc(F)cc2)oc1CC(=O)O. The number of hydrogen-bond acceptors (Lipinski definition) is 2. The second-order valence-electron chi connectivity index (χ2n) is 3.79. The molecule has 0 aliphatic carbocycles. The third-order valence-corrected chi connectivity index (χ3v) is 2.46. The van der Waals surface area contributed by atoms with Crippen LogP contribution in [-0.2, 0) is 11.2 Å². The van der Waals surface area contributed by atoms with Crippen LogP contribution in [0.4, 0.5) is 4.39 Å². The molecule has 0 fully saturated rings. The van der Waals surface area contributed by atoms with E-state index in [-0.39, 0.29) is 12.2 Å². The predicted octanol–water partition coefficient (Wildman–Crippen LogP) is 3.02. The van der Waals surface area contributed by atoms with Gasteiger partial charge in [0, 0.05) is 5.56 Å². The number of furan rings is 1. The maximum Gasteiger partial charge on any atom is 0.311 e. The summed E-state index contributed by atoms with van der Waals surface area (Å²) in [5, 5.41) is 8.70. The Morgan fingerprint density at radius 3 is 2.59 bits per heavy atom. The molecule has 1 aromatic carbocycles. The van der Waals surface area contributed by atoms with Gasteiger partial charge in [0.1, 0.15) is 23.8 Å². The van der Waals surface area contributed by atoms with Crippen LogP contribution in [-0.4, -0.2) is 11.1 Å². The van der Waals surface area contributed by atoms with Gasteiger partial charge in [-0.05, 0) is 42.8 Å². The van der Waals surface area contributed by atoms with Crippen LogP contribution in [0.1, 0.15) is 11.3 Å². The van der Waals surface area contributed by atoms with Gasteiger partial charge in [-0.15, -0.1) is 0 Å². The lowest BCUT2D eigenvalue weighted by molar-refractivity contribution is -0.136. The van der Waals surface area contributed by atoms with Crippen molar-refractivity contribution < 1.29 is 18.7 Å². The van der Waals surface area contributed by atoms with E-state index in [4.69, 9.17) is 9.52 Å². The van der Waals surface area contributed by atoms with Crippen LogP contribution in [0.5, 0.6) is 0 Å². The zero-order chi connectivity index (χ0) is 12.4. The third kappa shape index (κ3) is 2.53. The lowest BCUT2D eigenvalue weighted by atomic mass is 10.1. The van der Waals surface area contributed by atoms with Crippen molar-refractivity contribution in [2.45, 2.75) is 13.3 Å². The molecule has 88 valence electrons. The van der Waals surface area contributed by atoms with Gasteiger partial charge in [-0.2, -0.15) is 0 Å². The Kier molecular flexibility index (Phi) is 2.95. The molecular weight excluding hydrogens is 223 g/mol. The van der Waals surface area contributed by atoms with Gasteiger partial charge in [0.15, 0.2) is 0 Å². The average Bonchev–Trinajstić information content (AvgIpc) is 2.60. The van der Waals surface area contributed by atoms with E-state index in [0.29, 0.717) is 11.5 Å². The molecule has 0 atom stereocenters. The standard InChI is InChI=1S/C13H11FO3/c1-8-6-12(17-11(8)7-13(15)16)9-2-4-10(14)5-3-9/h2-6H,7H2,1H3,(H,15,16). The molecular formula is C13H11FO3. The van der Waals surface area contributed by atoms with Crippen molar-refractivity contribution in [2.24, 2.45) is 0 Å². The Morgan fingerprint density at radius 1 is 1.35 bits per heavy atom. The zero-order valence-corrected chi connectivity index (χ0v) is 9.24. The molecule has 3 nitrogen and oxygen atoms in total. The highest BCUT2D eigenvalue weighted by Gasteiger charge is 2.12. The van der Waals surface area contributed by atoms with Gasteiger partial charge in [0.25, 0.3) is 0 Å². The Hall–Kier alpha value is -2.10. The maximum atomic E-state index is 12.8. The molecule has 0 radical (unpaired) electrons. The van der Waals surface area contributed by atoms with E-state index >= 15 is 0 Å². The second-order valence-corrected chi connectivity index (χ2v) is 3.79. The minimum Gasteiger partial charge on any atom is -0.481 e. The van der Waals surface area contributed by atoms with Crippen LogP contribution in [0.2, 0.25) is 0 Å². The summed E-state index contributed by atoms with van der Waals surface area (Å²) < 4.78 is 18.2. The molecule has 0 unspecified atom stereocenters. The van der Waals surface area contributed by atoms with E-state index in [1.807, 2.05) is 0 Å². The molecule has 2 aromatic rings. The van der Waals surface area contributed by atoms with Crippen molar-refractivity contribution in [3.63, 3.8) is 0 Å². The van der Waals surface area contributed by atoms with E-state index < -0.39 is 5.97 Å². The monoisotopic (exact) mass is 234 g/mol. The number of rotatable bonds is 3. The quantitative estimate of drug-likeness (QED) is 0.888. The van der Waals surface area contributed by atoms with E-state index in [2.05, 4.69) is 0 Å². The maximum absolute atomic E-state index is 12.8. The summed E-state index contributed by atoms with van der Waals surface area (Å²) in [5.74, 6) is -0.272. The van der Waals surface area contributed by atoms with Crippen molar-refractivity contribution >= 4 is 5.97 Å². The summed E-state index contributed by atoms with van der Waals surface area (Å²) in [6, 6.07) is 7.62. The molecule has 0 amide bonds. The smallest absolute Gasteiger partial charge is 0.311 e. The van der Waals surface area contributed by atoms with E-state index in [9.17, 15) is 9.18 Å². The number of hydrogen-bond donors (Lipinski definition) is 1. The summed E-state index contributed by atoms with van der Waals surface area (Å²) >= 11 is 0. The fraction of sp³-hybridized carbons (Fsp3) is 0.154. The highest BCUT2D eigenvalue weighted by molar-refractivity contribution is 5.70. The first-order chi connectivity index (χ1) is 8.06. The second kappa shape index (κ2) is 4.41. The van der Waals surface area contributed by atoms with Crippen LogP contribution in [0.15, 0.2) is 34.7 Å². The summed E-state index contributed by atoms with van der Waals surface area (Å²) in [5.41, 5.74) is 1.51. The number of halogens is 1. The molecule has 0 saturated carbocycles. The van der Waals surface area contributed by atoms with Gasteiger partial charge in [-0.25, -0.2) is 4.39 Å². The number of aryl methyl sites for hydroxylation is 1. The van der Waals surface area contributed by atoms with Crippen molar-refractivity contribution in [3.05, 3.63) is 47.5 Å². The first-order valence-electron chi connectivity index (χ1n) is 5.13. The molecule has 0 aliphatic rings. The predicted molar refractivity (Wildman–Crippen MR) is 60.2 cm³/mol. The fourth-order valence-corrected chi connectivity index (χ4v) is 1.59. The normalized spacial score (nSPS) is 10.5. The summed E-state index contributed by atoms with van der Waals surface area (Å²) in [4.78, 5) is 10.6. The molecule has 0 spiro atoms. The average molecular weight is 234 g/mol. The van der Waals surface area contributed by atoms with Crippen molar-refractivity contribution in [1.29, 1.82) is 0 Å². The molecule has 1 N–H and O–H groups in total. The molecule has 4 heteroatoms. The minimum absolute atomic E-state index is 0.146. The molecule has 0 bridgehead atoms. The fourth-order valence-electron chi connectivity index (χ4n) is 1.59. The molecule has 2 rings (SSSR count). The van der Waals surface area contributed by atoms with Crippen LogP contribution in [0.25, 0.3) is 11.3 Å². The first kappa shape index (κ1) is 11.4. The summed E-state index contributed by atoms with van der Waals surface area (Å²) in [7, 11) is 0. The van der Waals surface area contributed by atoms with E-state index in [1.165, 1.54) is 12.1 Å². The molecule has 17 heavy (non-hydrogen) atoms. The van der Waals surface area contributed by atoms with E-state index in [1.54, 1.807) is 25.1 Å². The van der Waals surface area contributed by atoms with Gasteiger partial charge >= 0.3 is 5.97 Å². The minimum atomic E-state index is -0.937. The summed E-state index contributed by atoms with van der Waals surface area (Å²) in [6.45, 7) is 1.79. The Morgan fingerprint density at radius 2 is 2.00 bits per heavy atom. The number of carboxylic acids is 1. The van der Waals surface area contributed by atoms with Gasteiger partial charge in [-0.1, -0.05) is 0 Å². The Labute approximate surface area is 97.5 Å². The van der Waals surface area contributed by atoms with Crippen molar-refractivity contribution in [2.75, 3.05) is 0 Å². The number of aliphatic carboxylic acids is 1. The van der Waals surface area contributed by atoms with E-state index in [0.717, 1.165) is 11.1 Å². The first-order valence-corrected chi connectivity index (χ1v) is 5.13. The Bertz CT molecular complexity index is 540. The van der Waals surface area contributed by atoms with Crippen LogP contribution in [0, 0.1) is 12.7 Å². The van der Waals surface area contributed by atoms with Crippen LogP contribution in [0.3, 0.4) is 0 Å². The summed E-state index contributed by atoms with van der Waals surface area (Å²) in [6.07, 6.45) is -0.146. The number of carboxylic acid groups (broad SMARTS) is 1. The molecule has 1 aromatic heterocycles. The highest BCUT2D eigenvalue weighted by Crippen LogP contribution is 2.25. The highest BCUT2D eigenvalue weighted by atomic mass is 19.1. The molecule has 0 aliphatic heterocycles. The van der Waals surface area contributed by atoms with Crippen LogP contribution >= 0.6 is 0 Å². The topological polar surface area (TPSA) is 50.4 Å². The number of carbonyl (C=O) groups is 1. The zero-order valence-electron chi connectivity index (χ0n) is 9.24. The van der Waals surface area contributed by atoms with Gasteiger partial charge < -0.3 is 9.52 Å². The van der Waals surface area contributed by atoms with Crippen molar-refractivity contribution in [3.8, 4) is 11.3 Å². The lowest BCUT2D eigenvalue weighted by Crippen LogP contribution is -1.99. The molecule has 0 saturated heterocycles. The van der Waals surface area contributed by atoms with Crippen LogP contribution < -0.4 is 0 Å². The molecule has 1 heterocycles. The number of benzene rings is 1.